The van der Waals surface area contributed by atoms with Gasteiger partial charge in [-0.05, 0) is 30.2 Å². The maximum atomic E-state index is 5.99. The third-order valence-electron chi connectivity index (χ3n) is 6.36. The van der Waals surface area contributed by atoms with Gasteiger partial charge in [-0.3, -0.25) is 4.98 Å². The van der Waals surface area contributed by atoms with Gasteiger partial charge in [-0.1, -0.05) is 55.8 Å². The fourth-order valence-electron chi connectivity index (χ4n) is 4.24. The van der Waals surface area contributed by atoms with Crippen LogP contribution in [0.2, 0.25) is 0 Å². The van der Waals surface area contributed by atoms with Gasteiger partial charge in [-0.2, -0.15) is 4.98 Å². The summed E-state index contributed by atoms with van der Waals surface area (Å²) in [6.45, 7) is 10.3. The average Bonchev–Trinajstić information content (AvgIpc) is 2.67. The molecule has 154 valence electrons. The first-order valence-electron chi connectivity index (χ1n) is 10.4. The first-order valence-corrected chi connectivity index (χ1v) is 10.4. The maximum absolute atomic E-state index is 5.99. The highest BCUT2D eigenvalue weighted by Crippen LogP contribution is 2.40. The molecule has 5 nitrogen and oxygen atoms in total. The van der Waals surface area contributed by atoms with Crippen LogP contribution in [0.4, 0.5) is 5.82 Å². The minimum absolute atomic E-state index is 0.0787. The number of ether oxygens (including phenoxy) is 2. The molecule has 0 radical (unpaired) electrons. The van der Waals surface area contributed by atoms with Crippen LogP contribution >= 0.6 is 0 Å². The molecule has 0 bridgehead atoms. The number of hydrogen-bond donors (Lipinski definition) is 0. The van der Waals surface area contributed by atoms with E-state index in [2.05, 4.69) is 72.0 Å². The molecule has 0 N–H and O–H groups in total. The van der Waals surface area contributed by atoms with Gasteiger partial charge < -0.3 is 14.4 Å². The van der Waals surface area contributed by atoms with Gasteiger partial charge in [-0.15, -0.1) is 0 Å². The number of hydrogen-bond acceptors (Lipinski definition) is 5. The molecule has 2 aliphatic rings. The molecule has 0 atom stereocenters. The lowest BCUT2D eigenvalue weighted by Gasteiger charge is -2.55. The second-order valence-corrected chi connectivity index (χ2v) is 9.18. The first-order chi connectivity index (χ1) is 14.4. The van der Waals surface area contributed by atoms with Gasteiger partial charge in [0, 0.05) is 18.5 Å². The zero-order valence-corrected chi connectivity index (χ0v) is 17.8. The summed E-state index contributed by atoms with van der Waals surface area (Å²) in [6.07, 6.45) is 3.46. The minimum atomic E-state index is -0.0787. The van der Waals surface area contributed by atoms with Crippen LogP contribution in [-0.2, 0) is 10.2 Å². The Labute approximate surface area is 177 Å². The van der Waals surface area contributed by atoms with E-state index < -0.39 is 0 Å². The van der Waals surface area contributed by atoms with Gasteiger partial charge in [0.2, 0.25) is 5.88 Å². The summed E-state index contributed by atoms with van der Waals surface area (Å²) >= 11 is 0. The van der Waals surface area contributed by atoms with Crippen LogP contribution in [0.25, 0.3) is 0 Å². The molecule has 30 heavy (non-hydrogen) atoms. The van der Waals surface area contributed by atoms with Crippen molar-refractivity contribution in [3.63, 3.8) is 0 Å². The predicted octanol–water partition coefficient (Wildman–Crippen LogP) is 4.74. The number of rotatable bonds is 5. The zero-order chi connectivity index (χ0) is 20.8. The van der Waals surface area contributed by atoms with E-state index in [4.69, 9.17) is 9.47 Å². The SMILES string of the molecule is Cc1ccc(C(C)(C)c2ccc(Oc3cncc(N4CC5(COC5)C4)n3)cc2)cc1. The summed E-state index contributed by atoms with van der Waals surface area (Å²) in [7, 11) is 0. The molecule has 3 heterocycles. The van der Waals surface area contributed by atoms with Crippen molar-refractivity contribution >= 4 is 5.82 Å². The molecule has 5 heteroatoms. The van der Waals surface area contributed by atoms with Gasteiger partial charge in [0.25, 0.3) is 0 Å². The van der Waals surface area contributed by atoms with Crippen LogP contribution < -0.4 is 9.64 Å². The number of anilines is 1. The van der Waals surface area contributed by atoms with Crippen molar-refractivity contribution in [2.24, 2.45) is 5.41 Å². The average molecular weight is 402 g/mol. The molecule has 0 amide bonds. The molecular weight excluding hydrogens is 374 g/mol. The Hall–Kier alpha value is -2.92. The van der Waals surface area contributed by atoms with Gasteiger partial charge in [-0.25, -0.2) is 0 Å². The quantitative estimate of drug-likeness (QED) is 0.618. The normalized spacial score (nSPS) is 17.4. The van der Waals surface area contributed by atoms with E-state index in [1.54, 1.807) is 12.4 Å². The molecule has 3 aromatic rings. The largest absolute Gasteiger partial charge is 0.437 e. The summed E-state index contributed by atoms with van der Waals surface area (Å²) in [5.74, 6) is 2.14. The summed E-state index contributed by atoms with van der Waals surface area (Å²) < 4.78 is 11.3. The summed E-state index contributed by atoms with van der Waals surface area (Å²) in [5, 5.41) is 0. The Morgan fingerprint density at radius 2 is 1.57 bits per heavy atom. The lowest BCUT2D eigenvalue weighted by molar-refractivity contribution is -0.127. The molecule has 0 aliphatic carbocycles. The zero-order valence-electron chi connectivity index (χ0n) is 17.8. The number of aryl methyl sites for hydroxylation is 1. The van der Waals surface area contributed by atoms with Crippen LogP contribution in [0.3, 0.4) is 0 Å². The molecule has 1 spiro atoms. The second kappa shape index (κ2) is 7.10. The summed E-state index contributed by atoms with van der Waals surface area (Å²) in [6, 6.07) is 17.0. The smallest absolute Gasteiger partial charge is 0.239 e. The molecule has 1 aromatic heterocycles. The molecule has 2 fully saturated rings. The molecule has 2 aromatic carbocycles. The van der Waals surface area contributed by atoms with Crippen molar-refractivity contribution in [2.75, 3.05) is 31.2 Å². The fraction of sp³-hybridized carbons (Fsp3) is 0.360. The van der Waals surface area contributed by atoms with Gasteiger partial charge in [0.15, 0.2) is 5.82 Å². The first kappa shape index (κ1) is 19.1. The Bertz CT molecular complexity index is 1030. The second-order valence-electron chi connectivity index (χ2n) is 9.18. The highest BCUT2D eigenvalue weighted by Gasteiger charge is 2.49. The molecule has 2 saturated heterocycles. The van der Waals surface area contributed by atoms with Crippen molar-refractivity contribution in [1.29, 1.82) is 0 Å². The van der Waals surface area contributed by atoms with E-state index in [0.717, 1.165) is 37.9 Å². The monoisotopic (exact) mass is 401 g/mol. The van der Waals surface area contributed by atoms with Crippen LogP contribution in [0, 0.1) is 12.3 Å². The van der Waals surface area contributed by atoms with E-state index in [-0.39, 0.29) is 5.41 Å². The summed E-state index contributed by atoms with van der Waals surface area (Å²) in [4.78, 5) is 11.2. The lowest BCUT2D eigenvalue weighted by atomic mass is 9.78. The van der Waals surface area contributed by atoms with Crippen LogP contribution in [0.1, 0.15) is 30.5 Å². The third kappa shape index (κ3) is 3.43. The Kier molecular flexibility index (Phi) is 4.51. The van der Waals surface area contributed by atoms with Crippen LogP contribution in [0.15, 0.2) is 60.9 Å². The Morgan fingerprint density at radius 1 is 0.933 bits per heavy atom. The molecule has 0 saturated carbocycles. The van der Waals surface area contributed by atoms with Crippen LogP contribution in [0.5, 0.6) is 11.6 Å². The topological polar surface area (TPSA) is 47.5 Å². The standard InChI is InChI=1S/C25H27N3O2/c1-18-4-6-19(7-5-18)24(2,3)20-8-10-21(11-9-20)30-23-13-26-12-22(27-23)28-14-25(15-28)16-29-17-25/h4-13H,14-17H2,1-3H3. The van der Waals surface area contributed by atoms with Crippen molar-refractivity contribution in [2.45, 2.75) is 26.2 Å². The predicted molar refractivity (Wildman–Crippen MR) is 117 cm³/mol. The highest BCUT2D eigenvalue weighted by molar-refractivity contribution is 5.44. The van der Waals surface area contributed by atoms with E-state index in [9.17, 15) is 0 Å². The van der Waals surface area contributed by atoms with E-state index in [0.29, 0.717) is 11.3 Å². The summed E-state index contributed by atoms with van der Waals surface area (Å²) in [5.41, 5.74) is 4.08. The fourth-order valence-corrected chi connectivity index (χ4v) is 4.24. The number of nitrogens with zero attached hydrogens (tertiary/aromatic N) is 3. The molecular formula is C25H27N3O2. The van der Waals surface area contributed by atoms with Crippen molar-refractivity contribution < 1.29 is 9.47 Å². The highest BCUT2D eigenvalue weighted by atomic mass is 16.5. The molecule has 2 aliphatic heterocycles. The van der Waals surface area contributed by atoms with Gasteiger partial charge in [0.05, 0.1) is 31.0 Å². The molecule has 5 rings (SSSR count). The van der Waals surface area contributed by atoms with Crippen molar-refractivity contribution in [1.82, 2.24) is 9.97 Å². The Morgan fingerprint density at radius 3 is 2.17 bits per heavy atom. The number of aromatic nitrogens is 2. The number of benzene rings is 2. The Balaban J connectivity index is 1.28. The van der Waals surface area contributed by atoms with E-state index in [1.807, 2.05) is 12.1 Å². The lowest BCUT2D eigenvalue weighted by Crippen LogP contribution is -2.66. The molecule has 0 unspecified atom stereocenters. The van der Waals surface area contributed by atoms with E-state index in [1.165, 1.54) is 16.7 Å². The minimum Gasteiger partial charge on any atom is -0.437 e. The van der Waals surface area contributed by atoms with Crippen molar-refractivity contribution in [3.05, 3.63) is 77.6 Å². The van der Waals surface area contributed by atoms with E-state index >= 15 is 0 Å². The van der Waals surface area contributed by atoms with Crippen LogP contribution in [-0.4, -0.2) is 36.3 Å². The van der Waals surface area contributed by atoms with Gasteiger partial charge in [0.1, 0.15) is 5.75 Å². The van der Waals surface area contributed by atoms with Gasteiger partial charge >= 0.3 is 0 Å². The van der Waals surface area contributed by atoms with Crippen molar-refractivity contribution in [3.8, 4) is 11.6 Å². The third-order valence-corrected chi connectivity index (χ3v) is 6.36. The maximum Gasteiger partial charge on any atom is 0.239 e.